The molecule has 4 atom stereocenters. The van der Waals surface area contributed by atoms with Crippen LogP contribution in [-0.2, 0) is 4.74 Å². The largest absolute Gasteiger partial charge is 0.363 e. The highest BCUT2D eigenvalue weighted by Crippen LogP contribution is 2.47. The Morgan fingerprint density at radius 3 is 2.69 bits per heavy atom. The highest BCUT2D eigenvalue weighted by Gasteiger charge is 2.46. The first kappa shape index (κ1) is 11.5. The van der Waals surface area contributed by atoms with Crippen molar-refractivity contribution in [3.05, 3.63) is 12.7 Å². The number of hydrogen-bond acceptors (Lipinski definition) is 2. The highest BCUT2D eigenvalue weighted by molar-refractivity contribution is 14.1. The molecule has 0 aromatic heterocycles. The van der Waals surface area contributed by atoms with E-state index in [2.05, 4.69) is 41.4 Å². The number of halogens is 1. The van der Waals surface area contributed by atoms with Crippen LogP contribution in [0.15, 0.2) is 12.7 Å². The van der Waals surface area contributed by atoms with E-state index in [1.165, 1.54) is 6.42 Å². The number of hydrogen-bond donors (Lipinski definition) is 1. The summed E-state index contributed by atoms with van der Waals surface area (Å²) in [5.41, 5.74) is 0. The van der Waals surface area contributed by atoms with Gasteiger partial charge in [-0.1, -0.05) is 42.5 Å². The fourth-order valence-corrected chi connectivity index (χ4v) is 3.29. The summed E-state index contributed by atoms with van der Waals surface area (Å²) in [5.74, 6) is 1.75. The van der Waals surface area contributed by atoms with Crippen molar-refractivity contribution in [2.75, 3.05) is 13.7 Å². The quantitative estimate of drug-likeness (QED) is 0.351. The molecule has 2 nitrogen and oxygen atoms in total. The predicted octanol–water partition coefficient (Wildman–Crippen LogP) is 2.19. The van der Waals surface area contributed by atoms with Crippen molar-refractivity contribution in [2.24, 2.45) is 11.8 Å². The molecule has 0 aliphatic heterocycles. The average molecular weight is 295 g/mol. The number of alkyl halides is 1. The Morgan fingerprint density at radius 2 is 2.31 bits per heavy atom. The molecular formula is C10H18INO. The van der Waals surface area contributed by atoms with Gasteiger partial charge in [-0.3, -0.25) is 5.32 Å². The summed E-state index contributed by atoms with van der Waals surface area (Å²) in [5, 5.41) is 3.33. The van der Waals surface area contributed by atoms with E-state index in [9.17, 15) is 0 Å². The van der Waals surface area contributed by atoms with Gasteiger partial charge >= 0.3 is 0 Å². The van der Waals surface area contributed by atoms with E-state index < -0.39 is 0 Å². The zero-order valence-electron chi connectivity index (χ0n) is 8.29. The molecule has 3 heteroatoms. The Bertz CT molecular complexity index is 174. The first-order chi connectivity index (χ1) is 6.24. The molecule has 1 aliphatic carbocycles. The van der Waals surface area contributed by atoms with E-state index >= 15 is 0 Å². The highest BCUT2D eigenvalue weighted by atomic mass is 127. The van der Waals surface area contributed by atoms with Crippen molar-refractivity contribution in [2.45, 2.75) is 23.5 Å². The molecule has 0 bridgehead atoms. The van der Waals surface area contributed by atoms with Gasteiger partial charge in [-0.05, 0) is 17.9 Å². The lowest BCUT2D eigenvalue weighted by atomic mass is 10.2. The molecule has 0 spiro atoms. The third kappa shape index (κ3) is 2.92. The third-order valence-electron chi connectivity index (χ3n) is 2.72. The van der Waals surface area contributed by atoms with Crippen LogP contribution < -0.4 is 5.32 Å². The lowest BCUT2D eigenvalue weighted by molar-refractivity contribution is 0.111. The number of ether oxygens (including phenoxy) is 1. The monoisotopic (exact) mass is 295 g/mol. The van der Waals surface area contributed by atoms with Crippen LogP contribution >= 0.6 is 22.6 Å². The molecule has 76 valence electrons. The average Bonchev–Trinajstić information content (AvgIpc) is 2.78. The minimum atomic E-state index is 0.0155. The second-order valence-electron chi connectivity index (χ2n) is 3.48. The molecule has 0 aromatic rings. The van der Waals surface area contributed by atoms with Gasteiger partial charge in [0.25, 0.3) is 0 Å². The number of rotatable bonds is 6. The minimum absolute atomic E-state index is 0.0155. The Labute approximate surface area is 94.3 Å². The molecule has 1 fully saturated rings. The lowest BCUT2D eigenvalue weighted by Gasteiger charge is -2.12. The fraction of sp³-hybridized carbons (Fsp3) is 0.800. The van der Waals surface area contributed by atoms with E-state index in [0.717, 1.165) is 22.3 Å². The summed E-state index contributed by atoms with van der Waals surface area (Å²) in [6, 6.07) is 0. The maximum atomic E-state index is 5.15. The zero-order chi connectivity index (χ0) is 9.84. The maximum Gasteiger partial charge on any atom is 0.126 e. The van der Waals surface area contributed by atoms with Crippen LogP contribution in [0.2, 0.25) is 0 Å². The molecule has 1 rings (SSSR count). The van der Waals surface area contributed by atoms with Crippen molar-refractivity contribution < 1.29 is 4.74 Å². The van der Waals surface area contributed by atoms with Gasteiger partial charge in [0.1, 0.15) is 6.23 Å². The van der Waals surface area contributed by atoms with Crippen LogP contribution in [0.4, 0.5) is 0 Å². The van der Waals surface area contributed by atoms with Crippen molar-refractivity contribution in [1.82, 2.24) is 5.32 Å². The van der Waals surface area contributed by atoms with Gasteiger partial charge in [-0.25, -0.2) is 0 Å². The maximum absolute atomic E-state index is 5.15. The summed E-state index contributed by atoms with van der Waals surface area (Å²) >= 11 is 2.54. The van der Waals surface area contributed by atoms with Crippen LogP contribution in [0.3, 0.4) is 0 Å². The standard InChI is InChI=1S/C10H18INO/c1-4-7-8(10(7)11)6-12-9(5-2)13-3/h5,7-10,12H,2,4,6H2,1,3H3/t7-,8+,9+,10?/m1/s1. The summed E-state index contributed by atoms with van der Waals surface area (Å²) in [4.78, 5) is 0. The van der Waals surface area contributed by atoms with Gasteiger partial charge in [0.2, 0.25) is 0 Å². The molecule has 0 radical (unpaired) electrons. The molecule has 1 unspecified atom stereocenters. The first-order valence-electron chi connectivity index (χ1n) is 4.77. The first-order valence-corrected chi connectivity index (χ1v) is 6.02. The van der Waals surface area contributed by atoms with E-state index in [0.29, 0.717) is 0 Å². The molecule has 13 heavy (non-hydrogen) atoms. The van der Waals surface area contributed by atoms with Crippen LogP contribution in [0.1, 0.15) is 13.3 Å². The Morgan fingerprint density at radius 1 is 1.62 bits per heavy atom. The fourth-order valence-electron chi connectivity index (χ4n) is 1.71. The minimum Gasteiger partial charge on any atom is -0.363 e. The number of methoxy groups -OCH3 is 1. The Hall–Kier alpha value is 0.390. The van der Waals surface area contributed by atoms with Crippen LogP contribution in [0.5, 0.6) is 0 Å². The normalized spacial score (nSPS) is 34.2. The van der Waals surface area contributed by atoms with Gasteiger partial charge in [0.15, 0.2) is 0 Å². The molecular weight excluding hydrogens is 277 g/mol. The molecule has 0 heterocycles. The Kier molecular flexibility index (Phi) is 4.69. The summed E-state index contributed by atoms with van der Waals surface area (Å²) in [7, 11) is 1.70. The molecule has 1 aliphatic rings. The second-order valence-corrected chi connectivity index (χ2v) is 4.92. The molecule has 1 saturated carbocycles. The number of nitrogens with one attached hydrogen (secondary N) is 1. The van der Waals surface area contributed by atoms with Crippen molar-refractivity contribution >= 4 is 22.6 Å². The third-order valence-corrected chi connectivity index (χ3v) is 4.57. The van der Waals surface area contributed by atoms with Gasteiger partial charge in [0, 0.05) is 17.6 Å². The van der Waals surface area contributed by atoms with E-state index in [4.69, 9.17) is 4.74 Å². The van der Waals surface area contributed by atoms with Crippen molar-refractivity contribution in [3.8, 4) is 0 Å². The SMILES string of the molecule is C=C[C@@H](NC[C@@H]1C(I)[C@@H]1CC)OC. The molecule has 0 aromatic carbocycles. The van der Waals surface area contributed by atoms with Crippen molar-refractivity contribution in [1.29, 1.82) is 0 Å². The smallest absolute Gasteiger partial charge is 0.126 e. The molecule has 0 amide bonds. The van der Waals surface area contributed by atoms with E-state index in [1.54, 1.807) is 13.2 Å². The van der Waals surface area contributed by atoms with Crippen LogP contribution in [0, 0.1) is 11.8 Å². The van der Waals surface area contributed by atoms with Gasteiger partial charge < -0.3 is 4.74 Å². The topological polar surface area (TPSA) is 21.3 Å². The van der Waals surface area contributed by atoms with Crippen molar-refractivity contribution in [3.63, 3.8) is 0 Å². The molecule has 1 N–H and O–H groups in total. The van der Waals surface area contributed by atoms with Gasteiger partial charge in [0.05, 0.1) is 0 Å². The van der Waals surface area contributed by atoms with Gasteiger partial charge in [-0.2, -0.15) is 0 Å². The van der Waals surface area contributed by atoms with Crippen LogP contribution in [0.25, 0.3) is 0 Å². The summed E-state index contributed by atoms with van der Waals surface area (Å²) in [6.45, 7) is 7.01. The van der Waals surface area contributed by atoms with Gasteiger partial charge in [-0.15, -0.1) is 0 Å². The van der Waals surface area contributed by atoms with Crippen LogP contribution in [-0.4, -0.2) is 23.8 Å². The lowest BCUT2D eigenvalue weighted by Crippen LogP contribution is -2.30. The summed E-state index contributed by atoms with van der Waals surface area (Å²) < 4.78 is 6.01. The van der Waals surface area contributed by atoms with E-state index in [1.807, 2.05) is 0 Å². The van der Waals surface area contributed by atoms with E-state index in [-0.39, 0.29) is 6.23 Å². The Balaban J connectivity index is 2.16. The second kappa shape index (κ2) is 5.32. The zero-order valence-corrected chi connectivity index (χ0v) is 10.5. The predicted molar refractivity (Wildman–Crippen MR) is 64.1 cm³/mol. The summed E-state index contributed by atoms with van der Waals surface area (Å²) in [6.07, 6.45) is 3.11. The molecule has 0 saturated heterocycles.